The van der Waals surface area contributed by atoms with Gasteiger partial charge in [0.15, 0.2) is 0 Å². The average molecular weight is 249 g/mol. The van der Waals surface area contributed by atoms with Gasteiger partial charge in [0, 0.05) is 24.4 Å². The van der Waals surface area contributed by atoms with Gasteiger partial charge < -0.3 is 14.7 Å². The molecule has 1 atom stereocenters. The molecule has 1 aromatic rings. The van der Waals surface area contributed by atoms with E-state index in [1.54, 1.807) is 0 Å². The first-order chi connectivity index (χ1) is 8.73. The number of likely N-dealkylation sites (N-methyl/N-ethyl adjacent to an activating group) is 1. The molecular weight excluding hydrogens is 230 g/mol. The number of aromatic nitrogens is 2. The zero-order valence-electron chi connectivity index (χ0n) is 10.7. The minimum Gasteiger partial charge on any atom is -0.395 e. The van der Waals surface area contributed by atoms with Gasteiger partial charge in [-0.15, -0.1) is 0 Å². The second kappa shape index (κ2) is 4.57. The van der Waals surface area contributed by atoms with Crippen LogP contribution in [-0.2, 0) is 10.2 Å². The maximum absolute atomic E-state index is 9.52. The Bertz CT molecular complexity index is 428. The molecule has 18 heavy (non-hydrogen) atoms. The van der Waals surface area contributed by atoms with E-state index >= 15 is 0 Å². The quantitative estimate of drug-likeness (QED) is 0.826. The Morgan fingerprint density at radius 3 is 2.94 bits per heavy atom. The van der Waals surface area contributed by atoms with Gasteiger partial charge in [0.1, 0.15) is 5.82 Å². The largest absolute Gasteiger partial charge is 0.395 e. The van der Waals surface area contributed by atoms with Gasteiger partial charge in [0.25, 0.3) is 0 Å². The van der Waals surface area contributed by atoms with Crippen LogP contribution in [0.3, 0.4) is 0 Å². The molecule has 2 saturated heterocycles. The van der Waals surface area contributed by atoms with E-state index in [-0.39, 0.29) is 12.0 Å². The summed E-state index contributed by atoms with van der Waals surface area (Å²) in [5.41, 5.74) is 0.740. The molecule has 0 aliphatic carbocycles. The molecule has 1 unspecified atom stereocenters. The van der Waals surface area contributed by atoms with Gasteiger partial charge in [-0.05, 0) is 26.1 Å². The molecule has 0 amide bonds. The van der Waals surface area contributed by atoms with Crippen molar-refractivity contribution in [2.24, 2.45) is 0 Å². The number of aliphatic hydroxyl groups is 1. The van der Waals surface area contributed by atoms with Gasteiger partial charge in [-0.2, -0.15) is 0 Å². The van der Waals surface area contributed by atoms with Crippen LogP contribution in [0.15, 0.2) is 12.3 Å². The van der Waals surface area contributed by atoms with Crippen LogP contribution in [-0.4, -0.2) is 59.9 Å². The van der Waals surface area contributed by atoms with Crippen molar-refractivity contribution >= 4 is 0 Å². The van der Waals surface area contributed by atoms with Crippen LogP contribution in [0.4, 0.5) is 0 Å². The number of rotatable bonds is 3. The molecule has 0 radical (unpaired) electrons. The molecule has 0 saturated carbocycles. The summed E-state index contributed by atoms with van der Waals surface area (Å²) in [6.45, 7) is 3.29. The first-order valence-corrected chi connectivity index (χ1v) is 6.44. The highest BCUT2D eigenvalue weighted by atomic mass is 16.5. The summed E-state index contributed by atoms with van der Waals surface area (Å²) in [4.78, 5) is 11.3. The lowest BCUT2D eigenvalue weighted by Gasteiger charge is -2.38. The van der Waals surface area contributed by atoms with Crippen LogP contribution in [0.2, 0.25) is 0 Å². The minimum absolute atomic E-state index is 0.0566. The number of aliphatic hydroxyl groups excluding tert-OH is 1. The molecule has 0 aromatic carbocycles. The molecule has 5 heteroatoms. The molecule has 0 spiro atoms. The molecule has 98 valence electrons. The number of likely N-dealkylation sites (tertiary alicyclic amines) is 1. The van der Waals surface area contributed by atoms with E-state index in [1.165, 1.54) is 0 Å². The van der Waals surface area contributed by atoms with Crippen molar-refractivity contribution in [1.29, 1.82) is 0 Å². The molecule has 0 bridgehead atoms. The summed E-state index contributed by atoms with van der Waals surface area (Å²) in [7, 11) is 2.14. The third-order valence-electron chi connectivity index (χ3n) is 4.02. The fraction of sp³-hybridized carbons (Fsp3) is 0.692. The van der Waals surface area contributed by atoms with Crippen LogP contribution < -0.4 is 0 Å². The van der Waals surface area contributed by atoms with E-state index in [9.17, 15) is 5.11 Å². The Morgan fingerprint density at radius 1 is 1.56 bits per heavy atom. The molecular formula is C13H19N3O2. The summed E-state index contributed by atoms with van der Waals surface area (Å²) in [5, 5.41) is 9.52. The van der Waals surface area contributed by atoms with Crippen molar-refractivity contribution in [3.63, 3.8) is 0 Å². The monoisotopic (exact) mass is 249 g/mol. The SMILES string of the molecule is CN1CCC(c2ccnc(C3(CO)COC3)n2)C1. The lowest BCUT2D eigenvalue weighted by Crippen LogP contribution is -2.51. The van der Waals surface area contributed by atoms with Crippen LogP contribution in [0.1, 0.15) is 23.9 Å². The highest BCUT2D eigenvalue weighted by Gasteiger charge is 2.43. The van der Waals surface area contributed by atoms with E-state index in [2.05, 4.69) is 21.9 Å². The second-order valence-corrected chi connectivity index (χ2v) is 5.48. The van der Waals surface area contributed by atoms with Crippen molar-refractivity contribution in [2.75, 3.05) is 40.0 Å². The summed E-state index contributed by atoms with van der Waals surface area (Å²) in [6.07, 6.45) is 2.96. The molecule has 1 aromatic heterocycles. The van der Waals surface area contributed by atoms with Gasteiger partial charge in [0.2, 0.25) is 0 Å². The van der Waals surface area contributed by atoms with Crippen molar-refractivity contribution in [2.45, 2.75) is 17.8 Å². The van der Waals surface area contributed by atoms with E-state index in [0.717, 1.165) is 31.0 Å². The molecule has 2 aliphatic heterocycles. The van der Waals surface area contributed by atoms with E-state index in [0.29, 0.717) is 19.1 Å². The van der Waals surface area contributed by atoms with Gasteiger partial charge in [-0.25, -0.2) is 9.97 Å². The standard InChI is InChI=1S/C13H19N3O2/c1-16-5-3-10(6-16)11-2-4-14-12(15-11)13(7-17)8-18-9-13/h2,4,10,17H,3,5-9H2,1H3. The van der Waals surface area contributed by atoms with Crippen LogP contribution in [0.25, 0.3) is 0 Å². The summed E-state index contributed by atoms with van der Waals surface area (Å²) in [6, 6.07) is 2.00. The molecule has 2 fully saturated rings. The van der Waals surface area contributed by atoms with Gasteiger partial charge in [0.05, 0.1) is 25.2 Å². The number of hydrogen-bond donors (Lipinski definition) is 1. The molecule has 5 nitrogen and oxygen atoms in total. The summed E-state index contributed by atoms with van der Waals surface area (Å²) >= 11 is 0. The van der Waals surface area contributed by atoms with Crippen molar-refractivity contribution in [3.8, 4) is 0 Å². The van der Waals surface area contributed by atoms with Gasteiger partial charge in [-0.1, -0.05) is 0 Å². The number of hydrogen-bond acceptors (Lipinski definition) is 5. The molecule has 3 heterocycles. The zero-order valence-corrected chi connectivity index (χ0v) is 10.7. The second-order valence-electron chi connectivity index (χ2n) is 5.48. The first-order valence-electron chi connectivity index (χ1n) is 6.44. The van der Waals surface area contributed by atoms with Crippen LogP contribution in [0.5, 0.6) is 0 Å². The smallest absolute Gasteiger partial charge is 0.141 e. The van der Waals surface area contributed by atoms with Crippen molar-refractivity contribution in [1.82, 2.24) is 14.9 Å². The van der Waals surface area contributed by atoms with Crippen molar-refractivity contribution in [3.05, 3.63) is 23.8 Å². The molecule has 2 aliphatic rings. The maximum atomic E-state index is 9.52. The van der Waals surface area contributed by atoms with E-state index < -0.39 is 0 Å². The predicted octanol–water partition coefficient (Wildman–Crippen LogP) is 0.156. The summed E-state index contributed by atoms with van der Waals surface area (Å²) in [5.74, 6) is 1.23. The Morgan fingerprint density at radius 2 is 2.39 bits per heavy atom. The number of ether oxygens (including phenoxy) is 1. The zero-order chi connectivity index (χ0) is 12.6. The van der Waals surface area contributed by atoms with E-state index in [1.807, 2.05) is 12.3 Å². The fourth-order valence-corrected chi connectivity index (χ4v) is 2.67. The highest BCUT2D eigenvalue weighted by Crippen LogP contribution is 2.31. The first kappa shape index (κ1) is 12.0. The number of nitrogens with zero attached hydrogens (tertiary/aromatic N) is 3. The predicted molar refractivity (Wildman–Crippen MR) is 66.5 cm³/mol. The Hall–Kier alpha value is -1.04. The fourth-order valence-electron chi connectivity index (χ4n) is 2.67. The lowest BCUT2D eigenvalue weighted by molar-refractivity contribution is -0.0885. The topological polar surface area (TPSA) is 58.5 Å². The maximum Gasteiger partial charge on any atom is 0.141 e. The van der Waals surface area contributed by atoms with E-state index in [4.69, 9.17) is 4.74 Å². The van der Waals surface area contributed by atoms with Crippen molar-refractivity contribution < 1.29 is 9.84 Å². The Kier molecular flexibility index (Phi) is 3.05. The molecule has 3 rings (SSSR count). The van der Waals surface area contributed by atoms with Crippen LogP contribution in [0, 0.1) is 0 Å². The van der Waals surface area contributed by atoms with Crippen LogP contribution >= 0.6 is 0 Å². The average Bonchev–Trinajstić information content (AvgIpc) is 2.76. The third kappa shape index (κ3) is 1.92. The lowest BCUT2D eigenvalue weighted by atomic mass is 9.85. The van der Waals surface area contributed by atoms with Gasteiger partial charge >= 0.3 is 0 Å². The Balaban J connectivity index is 1.85. The van der Waals surface area contributed by atoms with Gasteiger partial charge in [-0.3, -0.25) is 0 Å². The molecule has 1 N–H and O–H groups in total. The summed E-state index contributed by atoms with van der Waals surface area (Å²) < 4.78 is 5.22. The third-order valence-corrected chi connectivity index (χ3v) is 4.02. The highest BCUT2D eigenvalue weighted by molar-refractivity contribution is 5.18. The minimum atomic E-state index is -0.361. The normalized spacial score (nSPS) is 27.1. The Labute approximate surface area is 107 Å².